The Bertz CT molecular complexity index is 54.5. The van der Waals surface area contributed by atoms with Crippen molar-refractivity contribution in [1.82, 2.24) is 0 Å². The molecule has 0 aromatic heterocycles. The Hall–Kier alpha value is 1.60. The van der Waals surface area contributed by atoms with Crippen LogP contribution >= 0.6 is 0 Å². The molecule has 0 bridgehead atoms. The minimum atomic E-state index is 0. The Morgan fingerprint density at radius 1 is 0.909 bits per heavy atom. The first-order chi connectivity index (χ1) is 4.91. The van der Waals surface area contributed by atoms with Crippen molar-refractivity contribution in [1.29, 1.82) is 0 Å². The molecule has 0 rings (SSSR count). The van der Waals surface area contributed by atoms with Gasteiger partial charge < -0.3 is 6.53 Å². The van der Waals surface area contributed by atoms with Gasteiger partial charge in [0, 0.05) is 6.61 Å². The van der Waals surface area contributed by atoms with Crippen molar-refractivity contribution < 1.29 is 57.9 Å². The third-order valence-electron chi connectivity index (χ3n) is 1.76. The molecular formula is C9H21KO. The third-order valence-corrected chi connectivity index (χ3v) is 1.76. The van der Waals surface area contributed by atoms with Crippen LogP contribution in [0, 0.1) is 0 Å². The fourth-order valence-corrected chi connectivity index (χ4v) is 1.07. The van der Waals surface area contributed by atoms with E-state index in [0.29, 0.717) is 6.61 Å². The normalized spacial score (nSPS) is 9.27. The maximum Gasteiger partial charge on any atom is 1.00 e. The van der Waals surface area contributed by atoms with Gasteiger partial charge >= 0.3 is 51.4 Å². The predicted octanol–water partition coefficient (Wildman–Crippen LogP) is -0.154. The molecule has 11 heavy (non-hydrogen) atoms. The molecule has 0 spiro atoms. The van der Waals surface area contributed by atoms with E-state index < -0.39 is 0 Å². The van der Waals surface area contributed by atoms with Crippen molar-refractivity contribution in [3.8, 4) is 0 Å². The van der Waals surface area contributed by atoms with Gasteiger partial charge in [-0.2, -0.15) is 0 Å². The molecule has 0 aliphatic rings. The van der Waals surface area contributed by atoms with E-state index in [2.05, 4.69) is 6.92 Å². The van der Waals surface area contributed by atoms with Gasteiger partial charge in [0.2, 0.25) is 0 Å². The first kappa shape index (κ1) is 15.1. The maximum absolute atomic E-state index is 8.47. The molecule has 0 amide bonds. The van der Waals surface area contributed by atoms with E-state index in [-0.39, 0.29) is 52.8 Å². The smallest absolute Gasteiger partial charge is 1.00 e. The summed E-state index contributed by atoms with van der Waals surface area (Å²) < 4.78 is 0. The minimum Gasteiger partial charge on any atom is -1.00 e. The van der Waals surface area contributed by atoms with Crippen LogP contribution in [-0.4, -0.2) is 11.7 Å². The van der Waals surface area contributed by atoms with Crippen LogP contribution in [0.25, 0.3) is 0 Å². The zero-order valence-electron chi connectivity index (χ0n) is 9.10. The van der Waals surface area contributed by atoms with Crippen molar-refractivity contribution in [2.75, 3.05) is 6.61 Å². The van der Waals surface area contributed by atoms with Crippen LogP contribution in [0.4, 0.5) is 0 Å². The first-order valence-electron chi connectivity index (χ1n) is 4.52. The molecule has 0 aliphatic carbocycles. The van der Waals surface area contributed by atoms with Crippen LogP contribution in [0.5, 0.6) is 0 Å². The first-order valence-corrected chi connectivity index (χ1v) is 4.52. The molecule has 0 fully saturated rings. The summed E-state index contributed by atoms with van der Waals surface area (Å²) in [6.07, 6.45) is 8.93. The molecule has 64 valence electrons. The molecule has 0 atom stereocenters. The van der Waals surface area contributed by atoms with E-state index in [9.17, 15) is 0 Å². The van der Waals surface area contributed by atoms with Gasteiger partial charge in [-0.3, -0.25) is 0 Å². The van der Waals surface area contributed by atoms with E-state index in [0.717, 1.165) is 6.42 Å². The van der Waals surface area contributed by atoms with Gasteiger partial charge in [0.25, 0.3) is 0 Å². The second-order valence-electron chi connectivity index (χ2n) is 2.84. The summed E-state index contributed by atoms with van der Waals surface area (Å²) in [5.74, 6) is 0. The summed E-state index contributed by atoms with van der Waals surface area (Å²) in [7, 11) is 0. The van der Waals surface area contributed by atoms with Crippen molar-refractivity contribution in [3.05, 3.63) is 0 Å². The van der Waals surface area contributed by atoms with Crippen LogP contribution in [-0.2, 0) is 0 Å². The van der Waals surface area contributed by atoms with E-state index in [1.165, 1.54) is 38.5 Å². The zero-order valence-corrected chi connectivity index (χ0v) is 11.2. The molecule has 0 heterocycles. The van der Waals surface area contributed by atoms with Crippen LogP contribution in [0.3, 0.4) is 0 Å². The Balaban J connectivity index is -0.000000405. The molecule has 2 heteroatoms. The number of unbranched alkanes of at least 4 members (excludes halogenated alkanes) is 6. The number of rotatable bonds is 7. The van der Waals surface area contributed by atoms with Gasteiger partial charge in [-0.25, -0.2) is 0 Å². The molecule has 0 aliphatic heterocycles. The van der Waals surface area contributed by atoms with E-state index in [4.69, 9.17) is 5.11 Å². The Kier molecular flexibility index (Phi) is 19.4. The van der Waals surface area contributed by atoms with Gasteiger partial charge in [-0.1, -0.05) is 45.4 Å². The SMILES string of the molecule is CCCCCCCCCO.[H-].[K+]. The molecule has 0 saturated carbocycles. The van der Waals surface area contributed by atoms with Crippen molar-refractivity contribution in [2.24, 2.45) is 0 Å². The molecule has 1 nitrogen and oxygen atoms in total. The summed E-state index contributed by atoms with van der Waals surface area (Å²) in [4.78, 5) is 0. The topological polar surface area (TPSA) is 20.2 Å². The zero-order chi connectivity index (χ0) is 7.66. The third kappa shape index (κ3) is 14.5. The van der Waals surface area contributed by atoms with Gasteiger partial charge in [0.05, 0.1) is 0 Å². The summed E-state index contributed by atoms with van der Waals surface area (Å²) in [5.41, 5.74) is 0. The molecule has 1 N–H and O–H groups in total. The van der Waals surface area contributed by atoms with Gasteiger partial charge in [-0.15, -0.1) is 0 Å². The summed E-state index contributed by atoms with van der Waals surface area (Å²) >= 11 is 0. The van der Waals surface area contributed by atoms with Crippen molar-refractivity contribution >= 4 is 0 Å². The molecule has 0 unspecified atom stereocenters. The number of hydrogen-bond acceptors (Lipinski definition) is 1. The maximum atomic E-state index is 8.47. The van der Waals surface area contributed by atoms with Crippen LogP contribution in [0.2, 0.25) is 0 Å². The van der Waals surface area contributed by atoms with Crippen LogP contribution in [0.15, 0.2) is 0 Å². The predicted molar refractivity (Wildman–Crippen MR) is 46.2 cm³/mol. The molecule has 0 radical (unpaired) electrons. The fraction of sp³-hybridized carbons (Fsp3) is 1.00. The molecule has 0 aromatic rings. The van der Waals surface area contributed by atoms with Crippen molar-refractivity contribution in [2.45, 2.75) is 51.9 Å². The number of aliphatic hydroxyl groups is 1. The minimum absolute atomic E-state index is 0. The Morgan fingerprint density at radius 3 is 1.82 bits per heavy atom. The summed E-state index contributed by atoms with van der Waals surface area (Å²) in [5, 5.41) is 8.47. The van der Waals surface area contributed by atoms with Crippen LogP contribution in [0.1, 0.15) is 53.3 Å². The van der Waals surface area contributed by atoms with E-state index >= 15 is 0 Å². The standard InChI is InChI=1S/C9H20O.K.H/c1-2-3-4-5-6-7-8-9-10;;/h10H,2-9H2,1H3;;/q;+1;-1. The fourth-order valence-electron chi connectivity index (χ4n) is 1.07. The second kappa shape index (κ2) is 14.1. The van der Waals surface area contributed by atoms with Gasteiger partial charge in [0.1, 0.15) is 0 Å². The molecule has 0 aromatic carbocycles. The summed E-state index contributed by atoms with van der Waals surface area (Å²) in [6.45, 7) is 2.60. The number of aliphatic hydroxyl groups excluding tert-OH is 1. The molecular weight excluding hydrogens is 163 g/mol. The van der Waals surface area contributed by atoms with E-state index in [1.54, 1.807) is 0 Å². The quantitative estimate of drug-likeness (QED) is 0.431. The van der Waals surface area contributed by atoms with Crippen LogP contribution < -0.4 is 51.4 Å². The Morgan fingerprint density at radius 2 is 1.36 bits per heavy atom. The van der Waals surface area contributed by atoms with Gasteiger partial charge in [0.15, 0.2) is 0 Å². The average Bonchev–Trinajstić information content (AvgIpc) is 1.97. The Labute approximate surface area is 115 Å². The second-order valence-corrected chi connectivity index (χ2v) is 2.84. The average molecular weight is 184 g/mol. The van der Waals surface area contributed by atoms with Crippen molar-refractivity contribution in [3.63, 3.8) is 0 Å². The number of hydrogen-bond donors (Lipinski definition) is 1. The van der Waals surface area contributed by atoms with E-state index in [1.807, 2.05) is 0 Å². The monoisotopic (exact) mass is 184 g/mol. The van der Waals surface area contributed by atoms with Gasteiger partial charge in [-0.05, 0) is 6.42 Å². The molecule has 0 saturated heterocycles. The largest absolute Gasteiger partial charge is 1.00 e. The summed E-state index contributed by atoms with van der Waals surface area (Å²) in [6, 6.07) is 0.